The molecule has 2 aromatic heterocycles. The average Bonchev–Trinajstić information content (AvgIpc) is 3.58. The molecular formula is C30H28N4O4S. The predicted molar refractivity (Wildman–Crippen MR) is 153 cm³/mol. The number of benzene rings is 2. The summed E-state index contributed by atoms with van der Waals surface area (Å²) in [6.07, 6.45) is 1.78. The molecular weight excluding hydrogens is 512 g/mol. The minimum absolute atomic E-state index is 0.230. The van der Waals surface area contributed by atoms with Gasteiger partial charge in [0.05, 0.1) is 30.5 Å². The van der Waals surface area contributed by atoms with E-state index in [0.717, 1.165) is 60.3 Å². The standard InChI is InChI=1S/C30H28N4O4S/c1-19-18-20(29(35)36)5-10-23(19)25-11-12-26(38-25)28-27(24-4-2-3-13-31-24)32-30(39)34(28)22-8-6-21(7-9-22)33-14-16-37-17-15-33/h2-13,18,27-28H,14-17H2,1H3,(H,32,39)(H,35,36). The molecule has 0 saturated carbocycles. The van der Waals surface area contributed by atoms with Crippen molar-refractivity contribution in [2.24, 2.45) is 0 Å². The number of hydrogen-bond donors (Lipinski definition) is 2. The van der Waals surface area contributed by atoms with E-state index in [9.17, 15) is 9.90 Å². The Morgan fingerprint density at radius 2 is 1.79 bits per heavy atom. The van der Waals surface area contributed by atoms with Gasteiger partial charge < -0.3 is 29.4 Å². The normalized spacial score (nSPS) is 19.3. The molecule has 39 heavy (non-hydrogen) atoms. The number of aryl methyl sites for hydroxylation is 1. The highest BCUT2D eigenvalue weighted by Crippen LogP contribution is 2.43. The van der Waals surface area contributed by atoms with Crippen molar-refractivity contribution in [2.75, 3.05) is 36.1 Å². The summed E-state index contributed by atoms with van der Waals surface area (Å²) in [7, 11) is 0. The smallest absolute Gasteiger partial charge is 0.335 e. The predicted octanol–water partition coefficient (Wildman–Crippen LogP) is 5.36. The van der Waals surface area contributed by atoms with Gasteiger partial charge in [0.25, 0.3) is 0 Å². The fourth-order valence-electron chi connectivity index (χ4n) is 5.30. The summed E-state index contributed by atoms with van der Waals surface area (Å²) in [4.78, 5) is 20.4. The Morgan fingerprint density at radius 3 is 2.49 bits per heavy atom. The molecule has 0 radical (unpaired) electrons. The van der Waals surface area contributed by atoms with Crippen LogP contribution < -0.4 is 15.1 Å². The molecule has 2 saturated heterocycles. The number of aromatic nitrogens is 1. The SMILES string of the molecule is Cc1cc(C(=O)O)ccc1-c1ccc(C2C(c3ccccn3)NC(=S)N2c2ccc(N3CCOCC3)cc2)o1. The number of pyridine rings is 1. The number of nitrogens with zero attached hydrogens (tertiary/aromatic N) is 3. The van der Waals surface area contributed by atoms with Crippen LogP contribution in [0.3, 0.4) is 0 Å². The number of rotatable bonds is 6. The van der Waals surface area contributed by atoms with Crippen molar-refractivity contribution in [3.63, 3.8) is 0 Å². The Morgan fingerprint density at radius 1 is 1.03 bits per heavy atom. The molecule has 2 aromatic carbocycles. The lowest BCUT2D eigenvalue weighted by molar-refractivity contribution is 0.0696. The van der Waals surface area contributed by atoms with Gasteiger partial charge in [-0.25, -0.2) is 4.79 Å². The largest absolute Gasteiger partial charge is 0.478 e. The summed E-state index contributed by atoms with van der Waals surface area (Å²) < 4.78 is 12.0. The summed E-state index contributed by atoms with van der Waals surface area (Å²) in [6, 6.07) is 22.7. The van der Waals surface area contributed by atoms with E-state index in [1.807, 2.05) is 37.3 Å². The van der Waals surface area contributed by atoms with Crippen LogP contribution in [0.1, 0.15) is 39.5 Å². The van der Waals surface area contributed by atoms with E-state index >= 15 is 0 Å². The number of morpholine rings is 1. The van der Waals surface area contributed by atoms with Crippen LogP contribution in [0.5, 0.6) is 0 Å². The topological polar surface area (TPSA) is 91.1 Å². The zero-order valence-electron chi connectivity index (χ0n) is 21.4. The van der Waals surface area contributed by atoms with Crippen molar-refractivity contribution < 1.29 is 19.1 Å². The summed E-state index contributed by atoms with van der Waals surface area (Å²) in [5.74, 6) is 0.440. The highest BCUT2D eigenvalue weighted by atomic mass is 32.1. The highest BCUT2D eigenvalue weighted by molar-refractivity contribution is 7.80. The van der Waals surface area contributed by atoms with Crippen LogP contribution in [0.2, 0.25) is 0 Å². The molecule has 9 heteroatoms. The second kappa shape index (κ2) is 10.5. The van der Waals surface area contributed by atoms with E-state index in [2.05, 4.69) is 44.4 Å². The van der Waals surface area contributed by atoms with Crippen LogP contribution in [-0.2, 0) is 4.74 Å². The van der Waals surface area contributed by atoms with Crippen molar-refractivity contribution in [3.05, 3.63) is 102 Å². The first-order chi connectivity index (χ1) is 19.0. The van der Waals surface area contributed by atoms with Gasteiger partial charge in [0.1, 0.15) is 17.6 Å². The van der Waals surface area contributed by atoms with Gasteiger partial charge in [-0.15, -0.1) is 0 Å². The molecule has 0 amide bonds. The van der Waals surface area contributed by atoms with E-state index in [-0.39, 0.29) is 17.6 Å². The Bertz CT molecular complexity index is 1500. The van der Waals surface area contributed by atoms with Gasteiger partial charge in [0.2, 0.25) is 0 Å². The number of aromatic carboxylic acids is 1. The van der Waals surface area contributed by atoms with Crippen molar-refractivity contribution in [1.82, 2.24) is 10.3 Å². The summed E-state index contributed by atoms with van der Waals surface area (Å²) in [6.45, 7) is 5.09. The number of carbonyl (C=O) groups is 1. The molecule has 6 rings (SSSR count). The molecule has 0 spiro atoms. The molecule has 2 N–H and O–H groups in total. The Balaban J connectivity index is 1.37. The number of carboxylic acid groups (broad SMARTS) is 1. The van der Waals surface area contributed by atoms with Gasteiger partial charge in [0.15, 0.2) is 5.11 Å². The number of furan rings is 1. The van der Waals surface area contributed by atoms with E-state index in [1.54, 1.807) is 24.4 Å². The van der Waals surface area contributed by atoms with Crippen LogP contribution in [0.4, 0.5) is 11.4 Å². The zero-order chi connectivity index (χ0) is 26.9. The molecule has 2 aliphatic rings. The number of carboxylic acids is 1. The van der Waals surface area contributed by atoms with E-state index < -0.39 is 5.97 Å². The maximum absolute atomic E-state index is 11.4. The number of ether oxygens (including phenoxy) is 1. The third-order valence-electron chi connectivity index (χ3n) is 7.26. The lowest BCUT2D eigenvalue weighted by atomic mass is 10.0. The first-order valence-electron chi connectivity index (χ1n) is 12.9. The quantitative estimate of drug-likeness (QED) is 0.314. The van der Waals surface area contributed by atoms with Gasteiger partial charge in [-0.05, 0) is 85.4 Å². The summed E-state index contributed by atoms with van der Waals surface area (Å²) in [5, 5.41) is 13.4. The van der Waals surface area contributed by atoms with Gasteiger partial charge in [0, 0.05) is 36.2 Å². The molecule has 4 aromatic rings. The Labute approximate surface area is 231 Å². The summed E-state index contributed by atoms with van der Waals surface area (Å²) >= 11 is 5.86. The second-order valence-corrected chi connectivity index (χ2v) is 10.0. The molecule has 2 unspecified atom stereocenters. The van der Waals surface area contributed by atoms with Gasteiger partial charge >= 0.3 is 5.97 Å². The number of thiocarbonyl (C=S) groups is 1. The maximum atomic E-state index is 11.4. The Kier molecular flexibility index (Phi) is 6.76. The average molecular weight is 541 g/mol. The van der Waals surface area contributed by atoms with Crippen LogP contribution in [-0.4, -0.2) is 47.5 Å². The molecule has 2 fully saturated rings. The molecule has 4 heterocycles. The molecule has 8 nitrogen and oxygen atoms in total. The molecule has 2 atom stereocenters. The third kappa shape index (κ3) is 4.86. The second-order valence-electron chi connectivity index (χ2n) is 9.65. The van der Waals surface area contributed by atoms with Crippen LogP contribution in [0.15, 0.2) is 83.4 Å². The minimum atomic E-state index is -0.955. The molecule has 198 valence electrons. The minimum Gasteiger partial charge on any atom is -0.478 e. The third-order valence-corrected chi connectivity index (χ3v) is 7.57. The zero-order valence-corrected chi connectivity index (χ0v) is 22.2. The molecule has 2 aliphatic heterocycles. The van der Waals surface area contributed by atoms with Gasteiger partial charge in [-0.3, -0.25) is 4.98 Å². The van der Waals surface area contributed by atoms with Crippen molar-refractivity contribution in [2.45, 2.75) is 19.0 Å². The van der Waals surface area contributed by atoms with Gasteiger partial charge in [-0.2, -0.15) is 0 Å². The monoisotopic (exact) mass is 540 g/mol. The van der Waals surface area contributed by atoms with Crippen LogP contribution in [0.25, 0.3) is 11.3 Å². The number of anilines is 2. The lowest BCUT2D eigenvalue weighted by Gasteiger charge is -2.30. The van der Waals surface area contributed by atoms with Crippen molar-refractivity contribution >= 4 is 34.7 Å². The Hall–Kier alpha value is -4.21. The number of nitrogens with one attached hydrogen (secondary N) is 1. The fraction of sp³-hybridized carbons (Fsp3) is 0.233. The van der Waals surface area contributed by atoms with E-state index in [1.165, 1.54) is 0 Å². The van der Waals surface area contributed by atoms with Crippen LogP contribution in [0, 0.1) is 6.92 Å². The molecule has 0 aliphatic carbocycles. The highest BCUT2D eigenvalue weighted by Gasteiger charge is 2.42. The summed E-state index contributed by atoms with van der Waals surface area (Å²) in [5.41, 5.74) is 4.88. The number of hydrogen-bond acceptors (Lipinski definition) is 6. The van der Waals surface area contributed by atoms with Crippen molar-refractivity contribution in [3.8, 4) is 11.3 Å². The van der Waals surface area contributed by atoms with E-state index in [4.69, 9.17) is 21.4 Å². The van der Waals surface area contributed by atoms with Gasteiger partial charge in [-0.1, -0.05) is 12.1 Å². The van der Waals surface area contributed by atoms with Crippen LogP contribution >= 0.6 is 12.2 Å². The first-order valence-corrected chi connectivity index (χ1v) is 13.3. The lowest BCUT2D eigenvalue weighted by Crippen LogP contribution is -2.36. The molecule has 0 bridgehead atoms. The van der Waals surface area contributed by atoms with Crippen molar-refractivity contribution in [1.29, 1.82) is 0 Å². The van der Waals surface area contributed by atoms with E-state index in [0.29, 0.717) is 10.9 Å². The first kappa shape index (κ1) is 25.1. The fourth-order valence-corrected chi connectivity index (χ4v) is 5.64. The maximum Gasteiger partial charge on any atom is 0.335 e.